The van der Waals surface area contributed by atoms with Gasteiger partial charge in [0.1, 0.15) is 5.82 Å². The second-order valence-corrected chi connectivity index (χ2v) is 6.73. The first-order valence-corrected chi connectivity index (χ1v) is 8.55. The zero-order chi connectivity index (χ0) is 18.7. The van der Waals surface area contributed by atoms with Crippen molar-refractivity contribution in [1.29, 1.82) is 0 Å². The molecule has 3 heterocycles. The van der Waals surface area contributed by atoms with Gasteiger partial charge in [-0.3, -0.25) is 4.98 Å². The number of rotatable bonds is 4. The third-order valence-corrected chi connectivity index (χ3v) is 4.19. The first-order valence-electron chi connectivity index (χ1n) is 8.55. The second kappa shape index (κ2) is 7.57. The summed E-state index contributed by atoms with van der Waals surface area (Å²) < 4.78 is 45.7. The van der Waals surface area contributed by atoms with Crippen LogP contribution in [-0.2, 0) is 10.9 Å². The SMILES string of the molecule is CC(C)CC1COCCN1c1cc(C(F)(F)F)nc(-c2cccnc2)n1. The minimum absolute atomic E-state index is 0.0125. The number of halogens is 3. The lowest BCUT2D eigenvalue weighted by Gasteiger charge is -2.37. The molecule has 0 N–H and O–H groups in total. The fourth-order valence-electron chi connectivity index (χ4n) is 3.05. The molecule has 2 aromatic rings. The second-order valence-electron chi connectivity index (χ2n) is 6.73. The molecule has 0 spiro atoms. The molecule has 0 radical (unpaired) electrons. The van der Waals surface area contributed by atoms with E-state index in [1.807, 2.05) is 4.90 Å². The quantitative estimate of drug-likeness (QED) is 0.824. The summed E-state index contributed by atoms with van der Waals surface area (Å²) in [6.45, 7) is 5.59. The van der Waals surface area contributed by atoms with Gasteiger partial charge in [0, 0.05) is 30.6 Å². The third-order valence-electron chi connectivity index (χ3n) is 4.19. The van der Waals surface area contributed by atoms with Gasteiger partial charge in [0.15, 0.2) is 11.5 Å². The molecule has 1 aliphatic rings. The van der Waals surface area contributed by atoms with E-state index in [1.165, 1.54) is 6.20 Å². The van der Waals surface area contributed by atoms with E-state index in [9.17, 15) is 13.2 Å². The Balaban J connectivity index is 2.05. The number of pyridine rings is 1. The highest BCUT2D eigenvalue weighted by Crippen LogP contribution is 2.33. The molecule has 1 fully saturated rings. The van der Waals surface area contributed by atoms with Crippen LogP contribution >= 0.6 is 0 Å². The zero-order valence-electron chi connectivity index (χ0n) is 14.7. The summed E-state index contributed by atoms with van der Waals surface area (Å²) in [6, 6.07) is 4.31. The highest BCUT2D eigenvalue weighted by Gasteiger charge is 2.35. The van der Waals surface area contributed by atoms with Crippen LogP contribution in [0, 0.1) is 5.92 Å². The molecular weight excluding hydrogens is 345 g/mol. The standard InChI is InChI=1S/C18H21F3N4O/c1-12(2)8-14-11-26-7-6-25(14)16-9-15(18(19,20)21)23-17(24-16)13-4-3-5-22-10-13/h3-5,9-10,12,14H,6-8,11H2,1-2H3. The molecule has 3 rings (SSSR count). The van der Waals surface area contributed by atoms with Crippen molar-refractivity contribution in [3.63, 3.8) is 0 Å². The van der Waals surface area contributed by atoms with E-state index in [2.05, 4.69) is 28.8 Å². The zero-order valence-corrected chi connectivity index (χ0v) is 14.7. The summed E-state index contributed by atoms with van der Waals surface area (Å²) in [7, 11) is 0. The fraction of sp³-hybridized carbons (Fsp3) is 0.500. The molecule has 2 aromatic heterocycles. The van der Waals surface area contributed by atoms with Crippen LogP contribution in [0.25, 0.3) is 11.4 Å². The minimum Gasteiger partial charge on any atom is -0.377 e. The Hall–Kier alpha value is -2.22. The molecule has 0 aliphatic carbocycles. The molecule has 0 aromatic carbocycles. The summed E-state index contributed by atoms with van der Waals surface area (Å²) in [5.74, 6) is 0.698. The molecule has 1 aliphatic heterocycles. The Morgan fingerprint density at radius 3 is 2.77 bits per heavy atom. The number of anilines is 1. The van der Waals surface area contributed by atoms with Crippen molar-refractivity contribution >= 4 is 5.82 Å². The van der Waals surface area contributed by atoms with Crippen LogP contribution < -0.4 is 4.90 Å². The molecule has 140 valence electrons. The highest BCUT2D eigenvalue weighted by atomic mass is 19.4. The first kappa shape index (κ1) is 18.6. The number of ether oxygens (including phenoxy) is 1. The van der Waals surface area contributed by atoms with Crippen LogP contribution in [0.3, 0.4) is 0 Å². The van der Waals surface area contributed by atoms with Gasteiger partial charge in [-0.15, -0.1) is 0 Å². The maximum Gasteiger partial charge on any atom is 0.433 e. The van der Waals surface area contributed by atoms with E-state index in [-0.39, 0.29) is 17.7 Å². The normalized spacial score (nSPS) is 18.4. The Morgan fingerprint density at radius 1 is 1.31 bits per heavy atom. The van der Waals surface area contributed by atoms with Crippen molar-refractivity contribution in [2.75, 3.05) is 24.7 Å². The average molecular weight is 366 g/mol. The van der Waals surface area contributed by atoms with Gasteiger partial charge < -0.3 is 9.64 Å². The van der Waals surface area contributed by atoms with Gasteiger partial charge in [-0.1, -0.05) is 13.8 Å². The van der Waals surface area contributed by atoms with Crippen molar-refractivity contribution in [3.05, 3.63) is 36.3 Å². The van der Waals surface area contributed by atoms with Crippen LogP contribution in [0.4, 0.5) is 19.0 Å². The van der Waals surface area contributed by atoms with Crippen LogP contribution in [0.2, 0.25) is 0 Å². The van der Waals surface area contributed by atoms with Crippen molar-refractivity contribution in [2.24, 2.45) is 5.92 Å². The van der Waals surface area contributed by atoms with Gasteiger partial charge in [0.2, 0.25) is 0 Å². The number of alkyl halides is 3. The van der Waals surface area contributed by atoms with E-state index in [0.29, 0.717) is 31.2 Å². The van der Waals surface area contributed by atoms with Gasteiger partial charge in [-0.2, -0.15) is 13.2 Å². The minimum atomic E-state index is -4.55. The van der Waals surface area contributed by atoms with Crippen LogP contribution in [0.1, 0.15) is 26.0 Å². The average Bonchev–Trinajstić information content (AvgIpc) is 2.61. The largest absolute Gasteiger partial charge is 0.433 e. The number of morpholine rings is 1. The highest BCUT2D eigenvalue weighted by molar-refractivity contribution is 5.57. The van der Waals surface area contributed by atoms with Gasteiger partial charge in [0.25, 0.3) is 0 Å². The molecule has 0 saturated carbocycles. The molecule has 0 amide bonds. The fourth-order valence-corrected chi connectivity index (χ4v) is 3.05. The van der Waals surface area contributed by atoms with Gasteiger partial charge in [0.05, 0.1) is 19.3 Å². The smallest absolute Gasteiger partial charge is 0.377 e. The molecular formula is C18H21F3N4O. The van der Waals surface area contributed by atoms with Crippen LogP contribution in [0.15, 0.2) is 30.6 Å². The summed E-state index contributed by atoms with van der Waals surface area (Å²) >= 11 is 0. The van der Waals surface area contributed by atoms with E-state index >= 15 is 0 Å². The molecule has 1 atom stereocenters. The monoisotopic (exact) mass is 366 g/mol. The molecule has 26 heavy (non-hydrogen) atoms. The maximum absolute atomic E-state index is 13.4. The van der Waals surface area contributed by atoms with Crippen LogP contribution in [0.5, 0.6) is 0 Å². The summed E-state index contributed by atoms with van der Waals surface area (Å²) in [5, 5.41) is 0. The lowest BCUT2D eigenvalue weighted by molar-refractivity contribution is -0.141. The molecule has 5 nitrogen and oxygen atoms in total. The van der Waals surface area contributed by atoms with E-state index in [0.717, 1.165) is 12.5 Å². The van der Waals surface area contributed by atoms with E-state index in [1.54, 1.807) is 18.3 Å². The first-order chi connectivity index (χ1) is 12.3. The van der Waals surface area contributed by atoms with Crippen molar-refractivity contribution in [3.8, 4) is 11.4 Å². The molecule has 1 unspecified atom stereocenters. The summed E-state index contributed by atoms with van der Waals surface area (Å²) in [5.41, 5.74) is -0.496. The maximum atomic E-state index is 13.4. The van der Waals surface area contributed by atoms with Gasteiger partial charge in [-0.25, -0.2) is 9.97 Å². The number of hydrogen-bond acceptors (Lipinski definition) is 5. The van der Waals surface area contributed by atoms with Crippen molar-refractivity contribution in [2.45, 2.75) is 32.5 Å². The predicted molar refractivity (Wildman–Crippen MR) is 91.7 cm³/mol. The Kier molecular flexibility index (Phi) is 5.41. The van der Waals surface area contributed by atoms with E-state index in [4.69, 9.17) is 4.74 Å². The van der Waals surface area contributed by atoms with Crippen LogP contribution in [-0.4, -0.2) is 40.8 Å². The molecule has 1 saturated heterocycles. The molecule has 8 heteroatoms. The number of hydrogen-bond donors (Lipinski definition) is 0. The Labute approximate surface area is 150 Å². The van der Waals surface area contributed by atoms with Crippen molar-refractivity contribution < 1.29 is 17.9 Å². The number of aromatic nitrogens is 3. The predicted octanol–water partition coefficient (Wildman–Crippen LogP) is 3.81. The van der Waals surface area contributed by atoms with E-state index < -0.39 is 11.9 Å². The lowest BCUT2D eigenvalue weighted by Crippen LogP contribution is -2.46. The summed E-state index contributed by atoms with van der Waals surface area (Å²) in [4.78, 5) is 14.0. The lowest BCUT2D eigenvalue weighted by atomic mass is 10.0. The third kappa shape index (κ3) is 4.30. The molecule has 0 bridgehead atoms. The van der Waals surface area contributed by atoms with Gasteiger partial charge in [-0.05, 0) is 24.5 Å². The topological polar surface area (TPSA) is 51.1 Å². The number of nitrogens with zero attached hydrogens (tertiary/aromatic N) is 4. The van der Waals surface area contributed by atoms with Crippen molar-refractivity contribution in [1.82, 2.24) is 15.0 Å². The summed E-state index contributed by atoms with van der Waals surface area (Å²) in [6.07, 6.45) is -0.717. The Morgan fingerprint density at radius 2 is 2.12 bits per heavy atom. The van der Waals surface area contributed by atoms with Gasteiger partial charge >= 0.3 is 6.18 Å². The Bertz CT molecular complexity index is 737.